The predicted octanol–water partition coefficient (Wildman–Crippen LogP) is 15.4. The number of benzene rings is 10. The molecule has 2 aliphatic carbocycles. The summed E-state index contributed by atoms with van der Waals surface area (Å²) in [5, 5.41) is 6.73. The first kappa shape index (κ1) is 40.4. The third-order valence-corrected chi connectivity index (χ3v) is 29.3. The molecule has 0 nitrogen and oxygen atoms in total. The van der Waals surface area contributed by atoms with Crippen molar-refractivity contribution in [3.05, 3.63) is 241 Å². The van der Waals surface area contributed by atoms with Gasteiger partial charge >= 0.3 is 0 Å². The lowest BCUT2D eigenvalue weighted by Gasteiger charge is -2.31. The highest BCUT2D eigenvalue weighted by molar-refractivity contribution is 7.06. The lowest BCUT2D eigenvalue weighted by Crippen LogP contribution is -2.52. The maximum absolute atomic E-state index is 2.53. The zero-order valence-corrected chi connectivity index (χ0v) is 41.9. The van der Waals surface area contributed by atoms with Crippen molar-refractivity contribution in [1.82, 2.24) is 0 Å². The minimum absolute atomic E-state index is 0.439. The van der Waals surface area contributed by atoms with Crippen LogP contribution in [0.4, 0.5) is 0 Å². The molecule has 10 aromatic carbocycles. The molecule has 0 amide bonds. The van der Waals surface area contributed by atoms with Crippen molar-refractivity contribution in [2.45, 2.75) is 55.3 Å². The second kappa shape index (κ2) is 14.8. The number of fused-ring (bicyclic) bond motifs is 20. The van der Waals surface area contributed by atoms with Gasteiger partial charge in [0.1, 0.15) is 16.1 Å². The van der Waals surface area contributed by atoms with Crippen molar-refractivity contribution in [3.8, 4) is 89.0 Å². The Hall–Kier alpha value is -7.37. The Bertz CT molecular complexity index is 3620. The minimum Gasteiger partial charge on any atom is -0.0623 e. The maximum Gasteiger partial charge on any atom is 0.119 e. The van der Waals surface area contributed by atoms with Crippen LogP contribution in [0.2, 0.25) is 24.2 Å². The van der Waals surface area contributed by atoms with Crippen LogP contribution in [0.25, 0.3) is 89.0 Å². The molecule has 6 aliphatic rings. The highest BCUT2D eigenvalue weighted by Crippen LogP contribution is 2.63. The standard InChI is InChI=1S/C69H52Si2/c1-5-17-61-53(13-1)54-14-2-6-18-62(54)69(61)63-43-51(47-25-21-45(22-26-47)49-31-35-67-59(41-49)57-15-3-7-19-65(57)70(67)37-9-10-38-70)29-33-55(63)56-34-30-52(44-64(56)69)48-27-23-46(24-28-48)50-32-36-68-60(42-50)58-16-4-8-20-66(58)71(68)39-11-12-40-71/h1-8,13-36,41-44H,9-12,37-40H2. The summed E-state index contributed by atoms with van der Waals surface area (Å²) in [6, 6.07) is 91.1. The lowest BCUT2D eigenvalue weighted by molar-refractivity contribution is 0.794. The predicted molar refractivity (Wildman–Crippen MR) is 303 cm³/mol. The quantitative estimate of drug-likeness (QED) is 0.154. The van der Waals surface area contributed by atoms with Gasteiger partial charge < -0.3 is 0 Å². The molecule has 2 saturated heterocycles. The summed E-state index contributed by atoms with van der Waals surface area (Å²) in [4.78, 5) is 0. The molecule has 0 saturated carbocycles. The molecule has 0 bridgehead atoms. The lowest BCUT2D eigenvalue weighted by atomic mass is 9.70. The van der Waals surface area contributed by atoms with Gasteiger partial charge in [-0.05, 0) is 180 Å². The van der Waals surface area contributed by atoms with Crippen LogP contribution in [0.1, 0.15) is 47.9 Å². The van der Waals surface area contributed by atoms with Gasteiger partial charge in [-0.25, -0.2) is 0 Å². The van der Waals surface area contributed by atoms with Gasteiger partial charge in [-0.3, -0.25) is 0 Å². The average Bonchev–Trinajstić information content (AvgIpc) is 4.32. The second-order valence-corrected chi connectivity index (χ2v) is 30.2. The van der Waals surface area contributed by atoms with Gasteiger partial charge in [-0.2, -0.15) is 0 Å². The summed E-state index contributed by atoms with van der Waals surface area (Å²) >= 11 is 0. The molecule has 4 aliphatic heterocycles. The SMILES string of the molecule is c1ccc2c(c1)-c1ccccc1C21c2cc(-c3ccc(-c4ccc5c(c4)-c4ccccc4[Si]54CCCC4)cc3)ccc2-c2ccc(-c3ccc(-c4ccc5c(c4)-c4ccccc4[Si]54CCCC4)cc3)cc21. The minimum atomic E-state index is -1.63. The fraction of sp³-hybridized carbons (Fsp3) is 0.130. The molecule has 336 valence electrons. The molecule has 0 aromatic heterocycles. The first-order valence-corrected chi connectivity index (χ1v) is 31.1. The van der Waals surface area contributed by atoms with E-state index in [4.69, 9.17) is 0 Å². The van der Waals surface area contributed by atoms with Crippen molar-refractivity contribution >= 4 is 36.9 Å². The van der Waals surface area contributed by atoms with Crippen molar-refractivity contribution < 1.29 is 0 Å². The molecule has 2 fully saturated rings. The van der Waals surface area contributed by atoms with Gasteiger partial charge in [0.25, 0.3) is 0 Å². The van der Waals surface area contributed by atoms with Gasteiger partial charge in [0, 0.05) is 0 Å². The first-order chi connectivity index (χ1) is 35.1. The van der Waals surface area contributed by atoms with Gasteiger partial charge in [0.05, 0.1) is 5.41 Å². The van der Waals surface area contributed by atoms with E-state index in [9.17, 15) is 0 Å². The summed E-state index contributed by atoms with van der Waals surface area (Å²) in [5.41, 5.74) is 26.6. The van der Waals surface area contributed by atoms with Crippen LogP contribution in [0.3, 0.4) is 0 Å². The Morgan fingerprint density at radius 1 is 0.225 bits per heavy atom. The van der Waals surface area contributed by atoms with Crippen LogP contribution in [-0.4, -0.2) is 16.1 Å². The van der Waals surface area contributed by atoms with E-state index in [0.717, 1.165) is 0 Å². The molecule has 0 unspecified atom stereocenters. The van der Waals surface area contributed by atoms with Crippen LogP contribution in [0.15, 0.2) is 218 Å². The van der Waals surface area contributed by atoms with Crippen LogP contribution in [-0.2, 0) is 5.41 Å². The fourth-order valence-electron chi connectivity index (χ4n) is 15.5. The zero-order valence-electron chi connectivity index (χ0n) is 39.9. The second-order valence-electron chi connectivity index (χ2n) is 21.7. The average molecular weight is 937 g/mol. The Morgan fingerprint density at radius 3 is 0.930 bits per heavy atom. The van der Waals surface area contributed by atoms with Crippen LogP contribution < -0.4 is 20.7 Å². The van der Waals surface area contributed by atoms with E-state index in [0.29, 0.717) is 0 Å². The Balaban J connectivity index is 0.775. The van der Waals surface area contributed by atoms with Gasteiger partial charge in [0.2, 0.25) is 0 Å². The molecule has 0 radical (unpaired) electrons. The molecule has 0 N–H and O–H groups in total. The molecule has 71 heavy (non-hydrogen) atoms. The first-order valence-electron chi connectivity index (χ1n) is 26.3. The molecular formula is C69H52Si2. The summed E-state index contributed by atoms with van der Waals surface area (Å²) < 4.78 is 0. The number of rotatable bonds is 4. The molecular weight excluding hydrogens is 885 g/mol. The van der Waals surface area contributed by atoms with E-state index in [-0.39, 0.29) is 0 Å². The summed E-state index contributed by atoms with van der Waals surface area (Å²) in [6.07, 6.45) is 5.51. The summed E-state index contributed by atoms with van der Waals surface area (Å²) in [5.74, 6) is 0. The smallest absolute Gasteiger partial charge is 0.0623 e. The topological polar surface area (TPSA) is 0 Å². The van der Waals surface area contributed by atoms with Gasteiger partial charge in [0.15, 0.2) is 0 Å². The highest BCUT2D eigenvalue weighted by atomic mass is 28.3. The summed E-state index contributed by atoms with van der Waals surface area (Å²) in [7, 11) is -3.25. The van der Waals surface area contributed by atoms with Gasteiger partial charge in [-0.15, -0.1) is 0 Å². The Kier molecular flexibility index (Phi) is 8.44. The maximum atomic E-state index is 2.53. The highest BCUT2D eigenvalue weighted by Gasteiger charge is 2.52. The number of hydrogen-bond acceptors (Lipinski definition) is 0. The van der Waals surface area contributed by atoms with Crippen molar-refractivity contribution in [1.29, 1.82) is 0 Å². The van der Waals surface area contributed by atoms with E-state index in [2.05, 4.69) is 218 Å². The molecule has 2 heteroatoms. The van der Waals surface area contributed by atoms with E-state index < -0.39 is 21.6 Å². The summed E-state index contributed by atoms with van der Waals surface area (Å²) in [6.45, 7) is 0. The van der Waals surface area contributed by atoms with E-state index in [1.54, 1.807) is 20.7 Å². The monoisotopic (exact) mass is 936 g/mol. The van der Waals surface area contributed by atoms with E-state index >= 15 is 0 Å². The van der Waals surface area contributed by atoms with Crippen molar-refractivity contribution in [3.63, 3.8) is 0 Å². The van der Waals surface area contributed by atoms with Crippen molar-refractivity contribution in [2.75, 3.05) is 0 Å². The molecule has 3 spiro atoms. The molecule has 4 heterocycles. The fourth-order valence-corrected chi connectivity index (χ4v) is 26.7. The Morgan fingerprint density at radius 2 is 0.521 bits per heavy atom. The number of hydrogen-bond donors (Lipinski definition) is 0. The third-order valence-electron chi connectivity index (χ3n) is 18.6. The van der Waals surface area contributed by atoms with Crippen LogP contribution in [0.5, 0.6) is 0 Å². The van der Waals surface area contributed by atoms with E-state index in [1.807, 2.05) is 0 Å². The normalized spacial score (nSPS) is 16.9. The van der Waals surface area contributed by atoms with Crippen molar-refractivity contribution in [2.24, 2.45) is 0 Å². The Labute approximate surface area is 419 Å². The molecule has 10 aromatic rings. The van der Waals surface area contributed by atoms with Crippen LogP contribution in [0, 0.1) is 0 Å². The molecule has 16 rings (SSSR count). The van der Waals surface area contributed by atoms with E-state index in [1.165, 1.54) is 161 Å². The largest absolute Gasteiger partial charge is 0.119 e. The third kappa shape index (κ3) is 5.39. The van der Waals surface area contributed by atoms with Crippen LogP contribution >= 0.6 is 0 Å². The van der Waals surface area contributed by atoms with Gasteiger partial charge in [-0.1, -0.05) is 220 Å². The molecule has 0 atom stereocenters. The zero-order chi connectivity index (χ0) is 46.5.